The summed E-state index contributed by atoms with van der Waals surface area (Å²) in [6.45, 7) is 5.94. The van der Waals surface area contributed by atoms with Gasteiger partial charge in [-0.2, -0.15) is 0 Å². The lowest BCUT2D eigenvalue weighted by atomic mass is 10.1. The van der Waals surface area contributed by atoms with E-state index < -0.39 is 0 Å². The highest BCUT2D eigenvalue weighted by Gasteiger charge is 2.07. The van der Waals surface area contributed by atoms with Gasteiger partial charge in [0.25, 0.3) is 0 Å². The zero-order valence-corrected chi connectivity index (χ0v) is 15.4. The normalized spacial score (nSPS) is 10.8. The van der Waals surface area contributed by atoms with E-state index in [0.29, 0.717) is 19.6 Å². The Labute approximate surface area is 154 Å². The first-order valence-electron chi connectivity index (χ1n) is 9.07. The molecule has 5 heteroatoms. The molecule has 0 aliphatic carbocycles. The van der Waals surface area contributed by atoms with E-state index in [0.717, 1.165) is 41.1 Å². The minimum atomic E-state index is 0.0703. The van der Waals surface area contributed by atoms with Crippen LogP contribution < -0.4 is 10.1 Å². The van der Waals surface area contributed by atoms with Crippen molar-refractivity contribution < 1.29 is 9.53 Å². The number of ether oxygens (including phenoxy) is 1. The Bertz CT molecular complexity index is 869. The number of amides is 1. The van der Waals surface area contributed by atoms with Gasteiger partial charge in [-0.05, 0) is 50.1 Å². The molecule has 0 saturated heterocycles. The van der Waals surface area contributed by atoms with Crippen LogP contribution in [0.4, 0.5) is 0 Å². The Morgan fingerprint density at radius 2 is 1.92 bits per heavy atom. The minimum absolute atomic E-state index is 0.0703. The third-order valence-corrected chi connectivity index (χ3v) is 4.38. The van der Waals surface area contributed by atoms with Gasteiger partial charge in [0, 0.05) is 19.5 Å². The van der Waals surface area contributed by atoms with E-state index in [4.69, 9.17) is 4.74 Å². The first-order valence-corrected chi connectivity index (χ1v) is 9.07. The predicted octanol–water partition coefficient (Wildman–Crippen LogP) is 3.49. The Morgan fingerprint density at radius 1 is 1.15 bits per heavy atom. The zero-order valence-electron chi connectivity index (χ0n) is 15.4. The van der Waals surface area contributed by atoms with E-state index in [1.807, 2.05) is 56.3 Å². The lowest BCUT2D eigenvalue weighted by molar-refractivity contribution is -0.121. The number of nitrogens with zero attached hydrogens (tertiary/aromatic N) is 2. The van der Waals surface area contributed by atoms with Crippen LogP contribution in [0.3, 0.4) is 0 Å². The van der Waals surface area contributed by atoms with Gasteiger partial charge in [-0.1, -0.05) is 24.3 Å². The number of para-hydroxylation sites is 2. The summed E-state index contributed by atoms with van der Waals surface area (Å²) < 4.78 is 7.57. The van der Waals surface area contributed by atoms with Crippen molar-refractivity contribution in [1.29, 1.82) is 0 Å². The van der Waals surface area contributed by atoms with Crippen molar-refractivity contribution in [2.75, 3.05) is 13.2 Å². The molecule has 1 aromatic heterocycles. The Morgan fingerprint density at radius 3 is 2.69 bits per heavy atom. The number of hydrogen-bond donors (Lipinski definition) is 1. The summed E-state index contributed by atoms with van der Waals surface area (Å²) in [6, 6.07) is 16.0. The van der Waals surface area contributed by atoms with Crippen LogP contribution >= 0.6 is 0 Å². The molecule has 0 aliphatic heterocycles. The highest BCUT2D eigenvalue weighted by atomic mass is 16.5. The molecule has 0 aliphatic rings. The van der Waals surface area contributed by atoms with Crippen LogP contribution in [0.5, 0.6) is 5.75 Å². The number of hydrogen-bond acceptors (Lipinski definition) is 3. The first kappa shape index (κ1) is 18.0. The topological polar surface area (TPSA) is 56.1 Å². The van der Waals surface area contributed by atoms with Gasteiger partial charge in [-0.15, -0.1) is 0 Å². The van der Waals surface area contributed by atoms with Crippen LogP contribution in [0.25, 0.3) is 11.0 Å². The Balaban J connectivity index is 1.46. The van der Waals surface area contributed by atoms with Crippen LogP contribution in [0.15, 0.2) is 48.5 Å². The van der Waals surface area contributed by atoms with Gasteiger partial charge in [0.2, 0.25) is 5.91 Å². The number of benzene rings is 2. The second kappa shape index (κ2) is 8.52. The molecule has 0 fully saturated rings. The zero-order chi connectivity index (χ0) is 18.4. The number of nitrogens with one attached hydrogen (secondary N) is 1. The molecule has 0 unspecified atom stereocenters. The number of carbonyl (C=O) groups excluding carboxylic acids is 1. The molecule has 0 atom stereocenters. The maximum atomic E-state index is 12.1. The molecule has 136 valence electrons. The maximum Gasteiger partial charge on any atom is 0.220 e. The molecule has 3 aromatic rings. The average Bonchev–Trinajstić information content (AvgIpc) is 2.97. The fourth-order valence-electron chi connectivity index (χ4n) is 3.05. The van der Waals surface area contributed by atoms with E-state index in [-0.39, 0.29) is 5.91 Å². The van der Waals surface area contributed by atoms with Crippen molar-refractivity contribution in [1.82, 2.24) is 14.9 Å². The van der Waals surface area contributed by atoms with Crippen molar-refractivity contribution in [3.63, 3.8) is 0 Å². The number of imidazole rings is 1. The first-order chi connectivity index (χ1) is 12.7. The van der Waals surface area contributed by atoms with Crippen LogP contribution in [-0.4, -0.2) is 28.6 Å². The summed E-state index contributed by atoms with van der Waals surface area (Å²) in [6.07, 6.45) is 1.21. The van der Waals surface area contributed by atoms with Crippen LogP contribution in [-0.2, 0) is 17.8 Å². The number of fused-ring (bicyclic) bond motifs is 1. The third-order valence-electron chi connectivity index (χ3n) is 4.38. The number of aryl methyl sites for hydroxylation is 2. The molecular weight excluding hydrogens is 326 g/mol. The molecule has 1 N–H and O–H groups in total. The Kier molecular flexibility index (Phi) is 5.89. The molecule has 0 bridgehead atoms. The smallest absolute Gasteiger partial charge is 0.220 e. The SMILES string of the molecule is CCOc1ccc(CCC(=O)NCCn2c(C)nc3ccccc32)cc1. The van der Waals surface area contributed by atoms with Gasteiger partial charge in [-0.3, -0.25) is 4.79 Å². The molecular formula is C21H25N3O2. The second-order valence-corrected chi connectivity index (χ2v) is 6.23. The highest BCUT2D eigenvalue weighted by Crippen LogP contribution is 2.15. The molecule has 2 aromatic carbocycles. The average molecular weight is 351 g/mol. The molecule has 3 rings (SSSR count). The number of carbonyl (C=O) groups is 1. The van der Waals surface area contributed by atoms with E-state index in [9.17, 15) is 4.79 Å². The van der Waals surface area contributed by atoms with Gasteiger partial charge in [0.1, 0.15) is 11.6 Å². The highest BCUT2D eigenvalue weighted by molar-refractivity contribution is 5.77. The molecule has 0 radical (unpaired) electrons. The largest absolute Gasteiger partial charge is 0.494 e. The standard InChI is InChI=1S/C21H25N3O2/c1-3-26-18-11-8-17(9-12-18)10-13-21(25)22-14-15-24-16(2)23-19-6-4-5-7-20(19)24/h4-9,11-12H,3,10,13-15H2,1-2H3,(H,22,25). The van der Waals surface area contributed by atoms with Gasteiger partial charge >= 0.3 is 0 Å². The van der Waals surface area contributed by atoms with Crippen molar-refractivity contribution in [2.45, 2.75) is 33.2 Å². The van der Waals surface area contributed by atoms with E-state index in [1.165, 1.54) is 0 Å². The van der Waals surface area contributed by atoms with Crippen LogP contribution in [0.1, 0.15) is 24.7 Å². The van der Waals surface area contributed by atoms with Crippen molar-refractivity contribution in [3.8, 4) is 5.75 Å². The number of rotatable bonds is 8. The summed E-state index contributed by atoms with van der Waals surface area (Å²) in [5.41, 5.74) is 3.24. The predicted molar refractivity (Wildman–Crippen MR) is 103 cm³/mol. The fourth-order valence-corrected chi connectivity index (χ4v) is 3.05. The van der Waals surface area contributed by atoms with Crippen LogP contribution in [0, 0.1) is 6.92 Å². The van der Waals surface area contributed by atoms with Gasteiger partial charge in [-0.25, -0.2) is 4.98 Å². The van der Waals surface area contributed by atoms with Gasteiger partial charge in [0.15, 0.2) is 0 Å². The van der Waals surface area contributed by atoms with E-state index in [1.54, 1.807) is 0 Å². The lowest BCUT2D eigenvalue weighted by Gasteiger charge is -2.09. The molecule has 0 spiro atoms. The molecule has 1 heterocycles. The molecule has 0 saturated carbocycles. The minimum Gasteiger partial charge on any atom is -0.494 e. The van der Waals surface area contributed by atoms with Crippen molar-refractivity contribution >= 4 is 16.9 Å². The molecule has 1 amide bonds. The maximum absolute atomic E-state index is 12.1. The van der Waals surface area contributed by atoms with Gasteiger partial charge < -0.3 is 14.6 Å². The summed E-state index contributed by atoms with van der Waals surface area (Å²) in [4.78, 5) is 16.6. The third kappa shape index (κ3) is 4.42. The molecule has 5 nitrogen and oxygen atoms in total. The summed E-state index contributed by atoms with van der Waals surface area (Å²) in [7, 11) is 0. The fraction of sp³-hybridized carbons (Fsp3) is 0.333. The molecule has 26 heavy (non-hydrogen) atoms. The Hall–Kier alpha value is -2.82. The van der Waals surface area contributed by atoms with Gasteiger partial charge in [0.05, 0.1) is 17.6 Å². The van der Waals surface area contributed by atoms with Crippen LogP contribution in [0.2, 0.25) is 0 Å². The summed E-state index contributed by atoms with van der Waals surface area (Å²) in [5.74, 6) is 1.90. The van der Waals surface area contributed by atoms with E-state index in [2.05, 4.69) is 20.9 Å². The summed E-state index contributed by atoms with van der Waals surface area (Å²) >= 11 is 0. The second-order valence-electron chi connectivity index (χ2n) is 6.23. The van der Waals surface area contributed by atoms with E-state index >= 15 is 0 Å². The monoisotopic (exact) mass is 351 g/mol. The number of aromatic nitrogens is 2. The summed E-state index contributed by atoms with van der Waals surface area (Å²) in [5, 5.41) is 3.00. The lowest BCUT2D eigenvalue weighted by Crippen LogP contribution is -2.27. The van der Waals surface area contributed by atoms with Crippen molar-refractivity contribution in [3.05, 3.63) is 59.9 Å². The van der Waals surface area contributed by atoms with Crippen molar-refractivity contribution in [2.24, 2.45) is 0 Å². The quantitative estimate of drug-likeness (QED) is 0.676.